The smallest absolute Gasteiger partial charge is 0.258 e. The van der Waals surface area contributed by atoms with E-state index >= 15 is 0 Å². The lowest BCUT2D eigenvalue weighted by Gasteiger charge is -2.26. The Morgan fingerprint density at radius 2 is 1.60 bits per heavy atom. The summed E-state index contributed by atoms with van der Waals surface area (Å²) in [5.41, 5.74) is 10.4. The molecular formula is C15H14N2O2S. The van der Waals surface area contributed by atoms with E-state index in [2.05, 4.69) is 0 Å². The van der Waals surface area contributed by atoms with Gasteiger partial charge in [0.15, 0.2) is 5.60 Å². The fraction of sp³-hybridized carbons (Fsp3) is 0.0667. The Morgan fingerprint density at radius 1 is 1.00 bits per heavy atom. The van der Waals surface area contributed by atoms with E-state index in [9.17, 15) is 9.90 Å². The quantitative estimate of drug-likeness (QED) is 0.733. The number of thiocarbonyl (C=S) groups is 1. The van der Waals surface area contributed by atoms with Gasteiger partial charge in [0.2, 0.25) is 0 Å². The van der Waals surface area contributed by atoms with Crippen LogP contribution in [0.2, 0.25) is 0 Å². The maximum Gasteiger partial charge on any atom is 0.258 e. The highest BCUT2D eigenvalue weighted by molar-refractivity contribution is 7.80. The average Bonchev–Trinajstić information content (AvgIpc) is 2.47. The van der Waals surface area contributed by atoms with Crippen LogP contribution in [0.1, 0.15) is 16.7 Å². The van der Waals surface area contributed by atoms with Crippen molar-refractivity contribution in [3.8, 4) is 0 Å². The molecule has 0 aliphatic carbocycles. The minimum atomic E-state index is -1.91. The molecule has 0 fully saturated rings. The molecule has 0 aromatic heterocycles. The second-order valence-electron chi connectivity index (χ2n) is 4.39. The van der Waals surface area contributed by atoms with Gasteiger partial charge in [-0.2, -0.15) is 0 Å². The van der Waals surface area contributed by atoms with Gasteiger partial charge in [0.1, 0.15) is 4.99 Å². The first-order chi connectivity index (χ1) is 9.46. The van der Waals surface area contributed by atoms with Crippen LogP contribution in [0, 0.1) is 0 Å². The van der Waals surface area contributed by atoms with E-state index in [1.165, 1.54) is 0 Å². The number of nitrogens with two attached hydrogens (primary N) is 2. The highest BCUT2D eigenvalue weighted by Gasteiger charge is 2.38. The number of amides is 1. The van der Waals surface area contributed by atoms with Crippen molar-refractivity contribution in [3.05, 3.63) is 71.3 Å². The number of carbonyl (C=O) groups is 1. The second kappa shape index (κ2) is 5.40. The first-order valence-electron chi connectivity index (χ1n) is 5.94. The molecule has 5 N–H and O–H groups in total. The average molecular weight is 286 g/mol. The first kappa shape index (κ1) is 14.2. The lowest BCUT2D eigenvalue weighted by atomic mass is 9.85. The van der Waals surface area contributed by atoms with E-state index in [0.29, 0.717) is 16.7 Å². The molecule has 1 amide bonds. The van der Waals surface area contributed by atoms with E-state index in [-0.39, 0.29) is 4.99 Å². The van der Waals surface area contributed by atoms with E-state index < -0.39 is 11.5 Å². The molecule has 0 radical (unpaired) electrons. The highest BCUT2D eigenvalue weighted by atomic mass is 32.1. The van der Waals surface area contributed by atoms with Gasteiger partial charge in [-0.1, -0.05) is 60.7 Å². The van der Waals surface area contributed by atoms with E-state index in [0.717, 1.165) is 0 Å². The zero-order valence-corrected chi connectivity index (χ0v) is 11.4. The molecular weight excluding hydrogens is 272 g/mol. The Balaban J connectivity index is 2.63. The molecule has 2 aromatic rings. The van der Waals surface area contributed by atoms with Crippen LogP contribution in [0.25, 0.3) is 0 Å². The minimum Gasteiger partial charge on any atom is -0.389 e. The van der Waals surface area contributed by atoms with Crippen molar-refractivity contribution in [2.24, 2.45) is 11.5 Å². The predicted octanol–water partition coefficient (Wildman–Crippen LogP) is 1.04. The van der Waals surface area contributed by atoms with Gasteiger partial charge in [-0.05, 0) is 17.2 Å². The number of hydrogen-bond acceptors (Lipinski definition) is 3. The summed E-state index contributed by atoms with van der Waals surface area (Å²) < 4.78 is 0. The zero-order chi connectivity index (χ0) is 14.8. The summed E-state index contributed by atoms with van der Waals surface area (Å²) >= 11 is 4.91. The standard InChI is InChI=1S/C15H14N2O2S/c16-13(20)10-5-4-8-12(9-10)15(19,14(17)18)11-6-2-1-3-7-11/h1-9,19H,(H2,16,20)(H2,17,18). The summed E-state index contributed by atoms with van der Waals surface area (Å²) in [5.74, 6) is -0.858. The number of aliphatic hydroxyl groups is 1. The lowest BCUT2D eigenvalue weighted by Crippen LogP contribution is -2.42. The summed E-state index contributed by atoms with van der Waals surface area (Å²) in [4.78, 5) is 12.0. The van der Waals surface area contributed by atoms with Crippen LogP contribution in [-0.2, 0) is 10.4 Å². The van der Waals surface area contributed by atoms with Gasteiger partial charge in [-0.15, -0.1) is 0 Å². The van der Waals surface area contributed by atoms with Crippen molar-refractivity contribution >= 4 is 23.1 Å². The van der Waals surface area contributed by atoms with Crippen LogP contribution >= 0.6 is 12.2 Å². The topological polar surface area (TPSA) is 89.3 Å². The van der Waals surface area contributed by atoms with Gasteiger partial charge in [-0.3, -0.25) is 4.79 Å². The van der Waals surface area contributed by atoms with Gasteiger partial charge >= 0.3 is 0 Å². The van der Waals surface area contributed by atoms with Gasteiger partial charge in [0.25, 0.3) is 5.91 Å². The van der Waals surface area contributed by atoms with Crippen LogP contribution in [0.15, 0.2) is 54.6 Å². The predicted molar refractivity (Wildman–Crippen MR) is 81.0 cm³/mol. The highest BCUT2D eigenvalue weighted by Crippen LogP contribution is 2.29. The zero-order valence-electron chi connectivity index (χ0n) is 10.6. The summed E-state index contributed by atoms with van der Waals surface area (Å²) in [6.45, 7) is 0. The molecule has 1 unspecified atom stereocenters. The summed E-state index contributed by atoms with van der Waals surface area (Å²) in [5, 5.41) is 10.8. The number of rotatable bonds is 4. The normalized spacial score (nSPS) is 13.4. The molecule has 5 heteroatoms. The minimum absolute atomic E-state index is 0.187. The van der Waals surface area contributed by atoms with Crippen molar-refractivity contribution in [1.29, 1.82) is 0 Å². The fourth-order valence-electron chi connectivity index (χ4n) is 2.03. The third-order valence-electron chi connectivity index (χ3n) is 3.11. The number of hydrogen-bond donors (Lipinski definition) is 3. The summed E-state index contributed by atoms with van der Waals surface area (Å²) in [7, 11) is 0. The number of primary amides is 1. The van der Waals surface area contributed by atoms with Gasteiger partial charge < -0.3 is 16.6 Å². The molecule has 0 aliphatic heterocycles. The Labute approximate surface area is 122 Å². The molecule has 0 saturated carbocycles. The third kappa shape index (κ3) is 2.41. The maximum atomic E-state index is 11.8. The van der Waals surface area contributed by atoms with Crippen molar-refractivity contribution in [3.63, 3.8) is 0 Å². The fourth-order valence-corrected chi connectivity index (χ4v) is 2.16. The largest absolute Gasteiger partial charge is 0.389 e. The second-order valence-corrected chi connectivity index (χ2v) is 4.83. The number of carbonyl (C=O) groups excluding carboxylic acids is 1. The molecule has 0 saturated heterocycles. The molecule has 0 aliphatic rings. The molecule has 0 heterocycles. The Bertz CT molecular complexity index is 658. The van der Waals surface area contributed by atoms with Crippen LogP contribution in [-0.4, -0.2) is 16.0 Å². The third-order valence-corrected chi connectivity index (χ3v) is 3.35. The van der Waals surface area contributed by atoms with E-state index in [1.54, 1.807) is 54.6 Å². The molecule has 0 bridgehead atoms. The van der Waals surface area contributed by atoms with Crippen molar-refractivity contribution in [1.82, 2.24) is 0 Å². The number of benzene rings is 2. The molecule has 1 atom stereocenters. The van der Waals surface area contributed by atoms with E-state index in [4.69, 9.17) is 23.7 Å². The molecule has 2 rings (SSSR count). The van der Waals surface area contributed by atoms with Crippen LogP contribution in [0.5, 0.6) is 0 Å². The first-order valence-corrected chi connectivity index (χ1v) is 6.35. The van der Waals surface area contributed by atoms with Crippen molar-refractivity contribution in [2.75, 3.05) is 0 Å². The van der Waals surface area contributed by atoms with Gasteiger partial charge in [0, 0.05) is 5.56 Å². The summed E-state index contributed by atoms with van der Waals surface area (Å²) in [6.07, 6.45) is 0. The molecule has 102 valence electrons. The molecule has 2 aromatic carbocycles. The molecule has 20 heavy (non-hydrogen) atoms. The Hall–Kier alpha value is -2.24. The van der Waals surface area contributed by atoms with Crippen molar-refractivity contribution in [2.45, 2.75) is 5.60 Å². The Morgan fingerprint density at radius 3 is 2.15 bits per heavy atom. The lowest BCUT2D eigenvalue weighted by molar-refractivity contribution is -0.133. The Kier molecular flexibility index (Phi) is 3.83. The maximum absolute atomic E-state index is 11.8. The monoisotopic (exact) mass is 286 g/mol. The van der Waals surface area contributed by atoms with Crippen molar-refractivity contribution < 1.29 is 9.90 Å². The van der Waals surface area contributed by atoms with Crippen LogP contribution in [0.3, 0.4) is 0 Å². The van der Waals surface area contributed by atoms with Crippen LogP contribution in [0.4, 0.5) is 0 Å². The SMILES string of the molecule is NC(=O)C(O)(c1ccccc1)c1cccc(C(N)=S)c1. The van der Waals surface area contributed by atoms with Gasteiger partial charge in [0.05, 0.1) is 0 Å². The van der Waals surface area contributed by atoms with E-state index in [1.807, 2.05) is 0 Å². The summed E-state index contributed by atoms with van der Waals surface area (Å²) in [6, 6.07) is 15.1. The van der Waals surface area contributed by atoms with Gasteiger partial charge in [-0.25, -0.2) is 0 Å². The molecule has 0 spiro atoms. The van der Waals surface area contributed by atoms with Crippen LogP contribution < -0.4 is 11.5 Å². The molecule has 4 nitrogen and oxygen atoms in total.